The predicted octanol–water partition coefficient (Wildman–Crippen LogP) is 3.02. The number of carboxylic acids is 1. The molecule has 0 aliphatic carbocycles. The maximum absolute atomic E-state index is 12.5. The Kier molecular flexibility index (Phi) is 5.21. The molecule has 122 valence electrons. The largest absolute Gasteiger partial charge is 0.483 e. The number of hydrogen-bond donors (Lipinski definition) is 1. The fourth-order valence-corrected chi connectivity index (χ4v) is 2.47. The number of carbonyl (C=O) groups is 1. The molecule has 2 aromatic rings. The number of carboxylic acid groups (broad SMARTS) is 1. The molecule has 2 rings (SSSR count). The number of aromatic nitrogens is 1. The Bertz CT molecular complexity index is 749. The van der Waals surface area contributed by atoms with Crippen molar-refractivity contribution in [1.82, 2.24) is 4.57 Å². The number of nitrogens with zero attached hydrogens (tertiary/aromatic N) is 1. The zero-order valence-electron chi connectivity index (χ0n) is 13.5. The average Bonchev–Trinajstić information content (AvgIpc) is 2.49. The number of aliphatic carboxylic acids is 1. The van der Waals surface area contributed by atoms with Gasteiger partial charge in [0.05, 0.1) is 0 Å². The molecule has 23 heavy (non-hydrogen) atoms. The first-order valence-electron chi connectivity index (χ1n) is 7.53. The van der Waals surface area contributed by atoms with Crippen LogP contribution in [0.2, 0.25) is 0 Å². The first-order valence-corrected chi connectivity index (χ1v) is 7.53. The minimum absolute atomic E-state index is 0.155. The van der Waals surface area contributed by atoms with Crippen LogP contribution in [0.25, 0.3) is 0 Å². The van der Waals surface area contributed by atoms with E-state index < -0.39 is 17.6 Å². The molecule has 0 spiro atoms. The first-order chi connectivity index (χ1) is 10.9. The van der Waals surface area contributed by atoms with E-state index in [4.69, 9.17) is 4.74 Å². The van der Waals surface area contributed by atoms with Crippen molar-refractivity contribution in [2.24, 2.45) is 5.92 Å². The first kappa shape index (κ1) is 16.8. The van der Waals surface area contributed by atoms with Gasteiger partial charge in [0.2, 0.25) is 0 Å². The summed E-state index contributed by atoms with van der Waals surface area (Å²) < 4.78 is 6.85. The normalized spacial score (nSPS) is 12.2. The molecule has 5 heteroatoms. The Morgan fingerprint density at radius 2 is 1.91 bits per heavy atom. The number of benzene rings is 1. The van der Waals surface area contributed by atoms with E-state index in [1.807, 2.05) is 31.2 Å². The van der Waals surface area contributed by atoms with Gasteiger partial charge >= 0.3 is 5.97 Å². The third-order valence-corrected chi connectivity index (χ3v) is 3.77. The molecule has 1 aromatic heterocycles. The summed E-state index contributed by atoms with van der Waals surface area (Å²) in [6.07, 6.45) is 1.49. The number of aryl methyl sites for hydroxylation is 1. The van der Waals surface area contributed by atoms with Crippen molar-refractivity contribution in [2.75, 3.05) is 0 Å². The highest BCUT2D eigenvalue weighted by Gasteiger charge is 2.25. The molecule has 0 saturated heterocycles. The lowest BCUT2D eigenvalue weighted by Gasteiger charge is -2.19. The van der Waals surface area contributed by atoms with Crippen LogP contribution < -0.4 is 10.3 Å². The fourth-order valence-electron chi connectivity index (χ4n) is 2.47. The average molecular weight is 315 g/mol. The second-order valence-corrected chi connectivity index (χ2v) is 5.83. The van der Waals surface area contributed by atoms with Crippen LogP contribution in [0, 0.1) is 12.8 Å². The molecule has 1 unspecified atom stereocenters. The standard InChI is InChI=1S/C18H21NO4/c1-12(2)16(18(21)22)19-10-6-9-15(17(19)20)23-11-14-8-5-4-7-13(14)3/h4-10,12,16H,11H2,1-3H3,(H,21,22). The monoisotopic (exact) mass is 315 g/mol. The van der Waals surface area contributed by atoms with Gasteiger partial charge in [-0.2, -0.15) is 0 Å². The molecule has 1 heterocycles. The van der Waals surface area contributed by atoms with E-state index in [1.54, 1.807) is 26.0 Å². The summed E-state index contributed by atoms with van der Waals surface area (Å²) in [5.74, 6) is -1.09. The Morgan fingerprint density at radius 1 is 1.22 bits per heavy atom. The summed E-state index contributed by atoms with van der Waals surface area (Å²) in [6, 6.07) is 10.0. The SMILES string of the molecule is Cc1ccccc1COc1cccn(C(C(=O)O)C(C)C)c1=O. The maximum atomic E-state index is 12.5. The smallest absolute Gasteiger partial charge is 0.327 e. The van der Waals surface area contributed by atoms with Gasteiger partial charge in [0.25, 0.3) is 5.56 Å². The summed E-state index contributed by atoms with van der Waals surface area (Å²) in [4.78, 5) is 23.9. The van der Waals surface area contributed by atoms with Gasteiger partial charge in [-0.25, -0.2) is 4.79 Å². The summed E-state index contributed by atoms with van der Waals surface area (Å²) >= 11 is 0. The third-order valence-electron chi connectivity index (χ3n) is 3.77. The topological polar surface area (TPSA) is 68.5 Å². The lowest BCUT2D eigenvalue weighted by Crippen LogP contribution is -2.33. The van der Waals surface area contributed by atoms with Gasteiger partial charge in [-0.05, 0) is 36.1 Å². The van der Waals surface area contributed by atoms with Crippen molar-refractivity contribution in [2.45, 2.75) is 33.4 Å². The molecule has 0 fully saturated rings. The van der Waals surface area contributed by atoms with Gasteiger partial charge < -0.3 is 9.84 Å². The van der Waals surface area contributed by atoms with Crippen LogP contribution >= 0.6 is 0 Å². The van der Waals surface area contributed by atoms with Gasteiger partial charge in [-0.3, -0.25) is 9.36 Å². The van der Waals surface area contributed by atoms with Crippen LogP contribution in [0.4, 0.5) is 0 Å². The van der Waals surface area contributed by atoms with Crippen LogP contribution in [0.1, 0.15) is 31.0 Å². The number of ether oxygens (including phenoxy) is 1. The lowest BCUT2D eigenvalue weighted by molar-refractivity contribution is -0.142. The van der Waals surface area contributed by atoms with Crippen molar-refractivity contribution in [3.63, 3.8) is 0 Å². The van der Waals surface area contributed by atoms with Crippen molar-refractivity contribution in [3.05, 3.63) is 64.1 Å². The third kappa shape index (κ3) is 3.80. The molecule has 0 amide bonds. The van der Waals surface area contributed by atoms with E-state index in [0.29, 0.717) is 0 Å². The van der Waals surface area contributed by atoms with Crippen LogP contribution in [-0.2, 0) is 11.4 Å². The lowest BCUT2D eigenvalue weighted by atomic mass is 10.0. The molecule has 1 N–H and O–H groups in total. The van der Waals surface area contributed by atoms with E-state index in [0.717, 1.165) is 11.1 Å². The number of hydrogen-bond acceptors (Lipinski definition) is 3. The number of pyridine rings is 1. The van der Waals surface area contributed by atoms with E-state index in [-0.39, 0.29) is 18.3 Å². The van der Waals surface area contributed by atoms with Gasteiger partial charge in [-0.1, -0.05) is 38.1 Å². The summed E-state index contributed by atoms with van der Waals surface area (Å²) in [5, 5.41) is 9.36. The fraction of sp³-hybridized carbons (Fsp3) is 0.333. The highest BCUT2D eigenvalue weighted by Crippen LogP contribution is 2.18. The van der Waals surface area contributed by atoms with E-state index in [9.17, 15) is 14.7 Å². The van der Waals surface area contributed by atoms with Gasteiger partial charge in [0, 0.05) is 6.20 Å². The van der Waals surface area contributed by atoms with Crippen molar-refractivity contribution >= 4 is 5.97 Å². The zero-order valence-corrected chi connectivity index (χ0v) is 13.5. The molecule has 5 nitrogen and oxygen atoms in total. The Morgan fingerprint density at radius 3 is 2.52 bits per heavy atom. The molecule has 1 atom stereocenters. The van der Waals surface area contributed by atoms with Crippen molar-refractivity contribution in [1.29, 1.82) is 0 Å². The van der Waals surface area contributed by atoms with E-state index >= 15 is 0 Å². The molecule has 0 aliphatic rings. The Hall–Kier alpha value is -2.56. The van der Waals surface area contributed by atoms with E-state index in [2.05, 4.69) is 0 Å². The minimum atomic E-state index is -1.03. The summed E-state index contributed by atoms with van der Waals surface area (Å²) in [5.41, 5.74) is 1.64. The highest BCUT2D eigenvalue weighted by atomic mass is 16.5. The summed E-state index contributed by atoms with van der Waals surface area (Å²) in [6.45, 7) is 5.78. The molecular weight excluding hydrogens is 294 g/mol. The summed E-state index contributed by atoms with van der Waals surface area (Å²) in [7, 11) is 0. The van der Waals surface area contributed by atoms with Crippen LogP contribution in [0.3, 0.4) is 0 Å². The second-order valence-electron chi connectivity index (χ2n) is 5.83. The van der Waals surface area contributed by atoms with Crippen molar-refractivity contribution < 1.29 is 14.6 Å². The second kappa shape index (κ2) is 7.13. The Labute approximate surface area is 135 Å². The van der Waals surface area contributed by atoms with Crippen LogP contribution in [0.15, 0.2) is 47.4 Å². The molecule has 0 radical (unpaired) electrons. The van der Waals surface area contributed by atoms with Crippen molar-refractivity contribution in [3.8, 4) is 5.75 Å². The number of rotatable bonds is 6. The predicted molar refractivity (Wildman–Crippen MR) is 87.7 cm³/mol. The highest BCUT2D eigenvalue weighted by molar-refractivity contribution is 5.72. The molecule has 0 saturated carbocycles. The van der Waals surface area contributed by atoms with Gasteiger partial charge in [0.15, 0.2) is 5.75 Å². The van der Waals surface area contributed by atoms with Crippen LogP contribution in [0.5, 0.6) is 5.75 Å². The van der Waals surface area contributed by atoms with Crippen LogP contribution in [-0.4, -0.2) is 15.6 Å². The minimum Gasteiger partial charge on any atom is -0.483 e. The maximum Gasteiger partial charge on any atom is 0.327 e. The Balaban J connectivity index is 2.28. The quantitative estimate of drug-likeness (QED) is 0.889. The zero-order chi connectivity index (χ0) is 17.0. The molecular formula is C18H21NO4. The van der Waals surface area contributed by atoms with Gasteiger partial charge in [-0.15, -0.1) is 0 Å². The van der Waals surface area contributed by atoms with Gasteiger partial charge in [0.1, 0.15) is 12.6 Å². The molecule has 0 bridgehead atoms. The molecule has 0 aliphatic heterocycles. The molecule has 1 aromatic carbocycles. The van der Waals surface area contributed by atoms with E-state index in [1.165, 1.54) is 10.8 Å².